The highest BCUT2D eigenvalue weighted by molar-refractivity contribution is 8.00. The van der Waals surface area contributed by atoms with Crippen LogP contribution < -0.4 is 5.56 Å². The Balaban J connectivity index is 1.49. The minimum Gasteiger partial charge on any atom is -0.283 e. The highest BCUT2D eigenvalue weighted by Crippen LogP contribution is 2.37. The Hall–Kier alpha value is -2.42. The average Bonchev–Trinajstić information content (AvgIpc) is 3.12. The number of thiophene rings is 1. The fraction of sp³-hybridized carbons (Fsp3) is 0.407. The zero-order chi connectivity index (χ0) is 25.4. The fourth-order valence-corrected chi connectivity index (χ4v) is 7.73. The third-order valence-electron chi connectivity index (χ3n) is 6.92. The molecule has 6 nitrogen and oxygen atoms in total. The number of rotatable bonds is 5. The first-order valence-corrected chi connectivity index (χ1v) is 14.4. The average molecular weight is 542 g/mol. The van der Waals surface area contributed by atoms with Crippen LogP contribution in [0.4, 0.5) is 0 Å². The first kappa shape index (κ1) is 25.2. The Morgan fingerprint density at radius 1 is 1.25 bits per heavy atom. The molecule has 0 radical (unpaired) electrons. The van der Waals surface area contributed by atoms with Gasteiger partial charge < -0.3 is 0 Å². The van der Waals surface area contributed by atoms with E-state index in [1.165, 1.54) is 21.5 Å². The number of imide groups is 1. The number of carbonyl (C=O) groups excluding carboxylic acids is 2. The van der Waals surface area contributed by atoms with Crippen molar-refractivity contribution in [3.63, 3.8) is 0 Å². The first-order chi connectivity index (χ1) is 17.4. The van der Waals surface area contributed by atoms with E-state index in [0.29, 0.717) is 41.2 Å². The number of fused-ring (bicyclic) bond motifs is 3. The van der Waals surface area contributed by atoms with Crippen molar-refractivity contribution >= 4 is 56.7 Å². The van der Waals surface area contributed by atoms with E-state index >= 15 is 0 Å². The van der Waals surface area contributed by atoms with Gasteiger partial charge in [0, 0.05) is 28.6 Å². The molecule has 0 bridgehead atoms. The van der Waals surface area contributed by atoms with Crippen LogP contribution in [0, 0.1) is 5.92 Å². The van der Waals surface area contributed by atoms with Crippen LogP contribution >= 0.6 is 34.7 Å². The van der Waals surface area contributed by atoms with E-state index in [1.54, 1.807) is 46.2 Å². The molecule has 0 N–H and O–H groups in total. The molecule has 0 spiro atoms. The van der Waals surface area contributed by atoms with Gasteiger partial charge in [0.15, 0.2) is 5.16 Å². The highest BCUT2D eigenvalue weighted by Gasteiger charge is 2.34. The molecule has 9 heteroatoms. The summed E-state index contributed by atoms with van der Waals surface area (Å²) in [6.07, 6.45) is 6.81. The molecule has 1 fully saturated rings. The quantitative estimate of drug-likeness (QED) is 0.234. The second-order valence-electron chi connectivity index (χ2n) is 9.53. The maximum Gasteiger partial charge on any atom is 0.263 e. The standard InChI is InChI=1S/C27H28ClN3O3S2/c1-3-13-31-26(34)22-19-12-7-16(2)15-21(19)35-23(22)29-27(31)36-20-6-4-5-14-30(25(20)33)24(32)17-8-10-18(28)11-9-17/h3,8-11,16,20H,1,4-7,12-15H2,2H3/t16-,20-/m1/s1. The number of benzene rings is 1. The summed E-state index contributed by atoms with van der Waals surface area (Å²) in [4.78, 5) is 48.6. The zero-order valence-electron chi connectivity index (χ0n) is 20.2. The third-order valence-corrected chi connectivity index (χ3v) is 9.56. The number of aryl methyl sites for hydroxylation is 1. The lowest BCUT2D eigenvalue weighted by Crippen LogP contribution is -2.41. The number of aromatic nitrogens is 2. The largest absolute Gasteiger partial charge is 0.283 e. The second kappa shape index (κ2) is 10.5. The summed E-state index contributed by atoms with van der Waals surface area (Å²) >= 11 is 8.87. The minimum absolute atomic E-state index is 0.0652. The lowest BCUT2D eigenvalue weighted by Gasteiger charge is -2.23. The topological polar surface area (TPSA) is 72.3 Å². The van der Waals surface area contributed by atoms with Crippen LogP contribution in [-0.2, 0) is 24.2 Å². The third kappa shape index (κ3) is 4.78. The van der Waals surface area contributed by atoms with Crippen LogP contribution in [0.5, 0.6) is 0 Å². The molecule has 1 saturated heterocycles. The van der Waals surface area contributed by atoms with Crippen molar-refractivity contribution in [2.45, 2.75) is 62.4 Å². The number of allylic oxidation sites excluding steroid dienone is 1. The number of likely N-dealkylation sites (tertiary alicyclic amines) is 1. The highest BCUT2D eigenvalue weighted by atomic mass is 35.5. The fourth-order valence-electron chi connectivity index (χ4n) is 4.98. The molecule has 3 aromatic rings. The maximum absolute atomic E-state index is 13.6. The van der Waals surface area contributed by atoms with Crippen molar-refractivity contribution in [3.05, 3.63) is 68.3 Å². The van der Waals surface area contributed by atoms with Gasteiger partial charge in [-0.05, 0) is 67.9 Å². The van der Waals surface area contributed by atoms with Gasteiger partial charge in [-0.3, -0.25) is 23.9 Å². The number of halogens is 1. The monoisotopic (exact) mass is 541 g/mol. The van der Waals surface area contributed by atoms with E-state index in [-0.39, 0.29) is 17.4 Å². The van der Waals surface area contributed by atoms with Crippen molar-refractivity contribution < 1.29 is 9.59 Å². The normalized spacial score (nSPS) is 20.3. The Bertz CT molecular complexity index is 1400. The predicted molar refractivity (Wildman–Crippen MR) is 146 cm³/mol. The Labute approximate surface area is 223 Å². The summed E-state index contributed by atoms with van der Waals surface area (Å²) in [7, 11) is 0. The van der Waals surface area contributed by atoms with Crippen LogP contribution in [0.3, 0.4) is 0 Å². The Morgan fingerprint density at radius 3 is 2.78 bits per heavy atom. The van der Waals surface area contributed by atoms with E-state index in [4.69, 9.17) is 16.6 Å². The van der Waals surface area contributed by atoms with E-state index in [9.17, 15) is 14.4 Å². The van der Waals surface area contributed by atoms with Gasteiger partial charge in [0.05, 0.1) is 10.6 Å². The molecular formula is C27H28ClN3O3S2. The summed E-state index contributed by atoms with van der Waals surface area (Å²) in [6.45, 7) is 6.77. The van der Waals surface area contributed by atoms with Gasteiger partial charge in [-0.15, -0.1) is 17.9 Å². The molecule has 2 aromatic heterocycles. The molecule has 188 valence electrons. The van der Waals surface area contributed by atoms with Crippen LogP contribution in [0.15, 0.2) is 46.9 Å². The van der Waals surface area contributed by atoms with Crippen molar-refractivity contribution in [2.75, 3.05) is 6.54 Å². The van der Waals surface area contributed by atoms with Crippen molar-refractivity contribution in [1.29, 1.82) is 0 Å². The molecule has 0 saturated carbocycles. The lowest BCUT2D eigenvalue weighted by atomic mass is 9.89. The first-order valence-electron chi connectivity index (χ1n) is 12.3. The molecule has 2 aliphatic rings. The van der Waals surface area contributed by atoms with Crippen LogP contribution in [0.1, 0.15) is 53.4 Å². The molecule has 1 aliphatic carbocycles. The van der Waals surface area contributed by atoms with Crippen LogP contribution in [0.2, 0.25) is 5.02 Å². The summed E-state index contributed by atoms with van der Waals surface area (Å²) in [5.74, 6) is 0.0370. The van der Waals surface area contributed by atoms with Gasteiger partial charge in [-0.1, -0.05) is 42.8 Å². The van der Waals surface area contributed by atoms with Gasteiger partial charge in [0.1, 0.15) is 4.83 Å². The van der Waals surface area contributed by atoms with Gasteiger partial charge >= 0.3 is 0 Å². The summed E-state index contributed by atoms with van der Waals surface area (Å²) in [5, 5.41) is 1.27. The molecule has 36 heavy (non-hydrogen) atoms. The van der Waals surface area contributed by atoms with Crippen LogP contribution in [0.25, 0.3) is 10.2 Å². The predicted octanol–water partition coefficient (Wildman–Crippen LogP) is 5.74. The smallest absolute Gasteiger partial charge is 0.263 e. The molecular weight excluding hydrogens is 514 g/mol. The molecule has 5 rings (SSSR count). The van der Waals surface area contributed by atoms with Crippen molar-refractivity contribution in [3.8, 4) is 0 Å². The minimum atomic E-state index is -0.501. The zero-order valence-corrected chi connectivity index (χ0v) is 22.6. The second-order valence-corrected chi connectivity index (χ2v) is 12.2. The van der Waals surface area contributed by atoms with Gasteiger partial charge in [-0.2, -0.15) is 0 Å². The molecule has 0 unspecified atom stereocenters. The molecule has 3 heterocycles. The van der Waals surface area contributed by atoms with E-state index in [1.807, 2.05) is 0 Å². The number of carbonyl (C=O) groups is 2. The van der Waals surface area contributed by atoms with Gasteiger partial charge in [0.25, 0.3) is 11.5 Å². The maximum atomic E-state index is 13.6. The number of amides is 2. The molecule has 1 aromatic carbocycles. The van der Waals surface area contributed by atoms with E-state index in [2.05, 4.69) is 13.5 Å². The number of hydrogen-bond donors (Lipinski definition) is 0. The summed E-state index contributed by atoms with van der Waals surface area (Å²) in [5.41, 5.74) is 1.51. The van der Waals surface area contributed by atoms with Crippen molar-refractivity contribution in [2.24, 2.45) is 5.92 Å². The summed E-state index contributed by atoms with van der Waals surface area (Å²) < 4.78 is 1.63. The van der Waals surface area contributed by atoms with Crippen LogP contribution in [-0.4, -0.2) is 38.1 Å². The molecule has 2 amide bonds. The van der Waals surface area contributed by atoms with E-state index < -0.39 is 5.25 Å². The van der Waals surface area contributed by atoms with E-state index in [0.717, 1.165) is 47.9 Å². The Kier molecular flexibility index (Phi) is 7.37. The van der Waals surface area contributed by atoms with Gasteiger partial charge in [0.2, 0.25) is 5.91 Å². The summed E-state index contributed by atoms with van der Waals surface area (Å²) in [6, 6.07) is 6.58. The Morgan fingerprint density at radius 2 is 2.03 bits per heavy atom. The lowest BCUT2D eigenvalue weighted by molar-refractivity contribution is -0.127. The molecule has 2 atom stereocenters. The number of nitrogens with zero attached hydrogens (tertiary/aromatic N) is 3. The SMILES string of the molecule is C=CCn1c(S[C@@H]2CCCCN(C(=O)c3ccc(Cl)cc3)C2=O)nc2sc3c(c2c1=O)CC[C@@H](C)C3. The van der Waals surface area contributed by atoms with Crippen molar-refractivity contribution in [1.82, 2.24) is 14.5 Å². The van der Waals surface area contributed by atoms with Gasteiger partial charge in [-0.25, -0.2) is 4.98 Å². The number of thioether (sulfide) groups is 1. The number of hydrogen-bond acceptors (Lipinski definition) is 6. The molecule has 1 aliphatic heterocycles.